The minimum Gasteiger partial charge on any atom is -0.393 e. The number of aliphatic hydroxyl groups is 1. The van der Waals surface area contributed by atoms with Gasteiger partial charge < -0.3 is 5.11 Å². The third-order valence-corrected chi connectivity index (χ3v) is 8.35. The van der Waals surface area contributed by atoms with Gasteiger partial charge in [-0.05, 0) is 12.8 Å². The Labute approximate surface area is 226 Å². The number of rotatable bonds is 30. The fourth-order valence-electron chi connectivity index (χ4n) is 5.13. The van der Waals surface area contributed by atoms with Gasteiger partial charge in [-0.3, -0.25) is 4.55 Å². The Bertz CT molecular complexity index is 521. The van der Waals surface area contributed by atoms with E-state index in [1.165, 1.54) is 154 Å². The van der Waals surface area contributed by atoms with E-state index in [0.29, 0.717) is 6.42 Å². The van der Waals surface area contributed by atoms with Crippen molar-refractivity contribution in [3.8, 4) is 0 Å². The van der Waals surface area contributed by atoms with Gasteiger partial charge >= 0.3 is 0 Å². The van der Waals surface area contributed by atoms with Crippen LogP contribution in [0.2, 0.25) is 0 Å². The molecule has 0 radical (unpaired) electrons. The van der Waals surface area contributed by atoms with Crippen LogP contribution in [0.25, 0.3) is 0 Å². The molecule has 36 heavy (non-hydrogen) atoms. The molecule has 0 aliphatic heterocycles. The molecule has 0 bridgehead atoms. The van der Waals surface area contributed by atoms with E-state index in [9.17, 15) is 13.5 Å². The van der Waals surface area contributed by atoms with Gasteiger partial charge in [-0.25, -0.2) is 0 Å². The van der Waals surface area contributed by atoms with Crippen molar-refractivity contribution in [3.63, 3.8) is 0 Å². The highest BCUT2D eigenvalue weighted by molar-refractivity contribution is 7.85. The Morgan fingerprint density at radius 3 is 0.944 bits per heavy atom. The zero-order valence-corrected chi connectivity index (χ0v) is 25.0. The van der Waals surface area contributed by atoms with Crippen molar-refractivity contribution in [2.24, 2.45) is 0 Å². The predicted octanol–water partition coefficient (Wildman–Crippen LogP) is 10.2. The van der Waals surface area contributed by atoms with Crippen LogP contribution in [-0.2, 0) is 10.1 Å². The minimum absolute atomic E-state index is 0.137. The number of aliphatic hydroxyl groups excluding tert-OH is 1. The Morgan fingerprint density at radius 2 is 0.694 bits per heavy atom. The van der Waals surface area contributed by atoms with Gasteiger partial charge in [0.15, 0.2) is 0 Å². The lowest BCUT2D eigenvalue weighted by atomic mass is 10.0. The van der Waals surface area contributed by atoms with Gasteiger partial charge in [-0.2, -0.15) is 8.42 Å². The maximum absolute atomic E-state index is 10.7. The first-order chi connectivity index (χ1) is 17.5. The van der Waals surface area contributed by atoms with Crippen LogP contribution >= 0.6 is 0 Å². The molecule has 0 saturated carbocycles. The summed E-state index contributed by atoms with van der Waals surface area (Å²) in [6.07, 6.45) is 36.0. The largest absolute Gasteiger partial charge is 0.393 e. The summed E-state index contributed by atoms with van der Waals surface area (Å²) >= 11 is 0. The first-order valence-electron chi connectivity index (χ1n) is 16.1. The number of unbranched alkanes of at least 4 members (excludes halogenated alkanes) is 25. The van der Waals surface area contributed by atoms with Crippen molar-refractivity contribution in [1.82, 2.24) is 0 Å². The summed E-state index contributed by atoms with van der Waals surface area (Å²) in [5, 5.41) is 9.72. The van der Waals surface area contributed by atoms with Crippen LogP contribution < -0.4 is 0 Å². The van der Waals surface area contributed by atoms with E-state index in [1.54, 1.807) is 0 Å². The summed E-state index contributed by atoms with van der Waals surface area (Å²) in [5.74, 6) is -0.340. The van der Waals surface area contributed by atoms with Crippen molar-refractivity contribution in [1.29, 1.82) is 0 Å². The second-order valence-corrected chi connectivity index (χ2v) is 12.9. The molecule has 0 aromatic carbocycles. The second kappa shape index (κ2) is 27.9. The van der Waals surface area contributed by atoms with E-state index in [0.717, 1.165) is 12.8 Å². The van der Waals surface area contributed by atoms with Crippen molar-refractivity contribution >= 4 is 10.1 Å². The molecule has 0 saturated heterocycles. The van der Waals surface area contributed by atoms with Crippen molar-refractivity contribution in [2.45, 2.75) is 193 Å². The molecule has 1 atom stereocenters. The summed E-state index contributed by atoms with van der Waals surface area (Å²) < 4.78 is 30.0. The Kier molecular flexibility index (Phi) is 27.8. The molecular weight excluding hydrogens is 468 g/mol. The van der Waals surface area contributed by atoms with Gasteiger partial charge in [0.05, 0.1) is 11.9 Å². The average molecular weight is 533 g/mol. The molecule has 4 nitrogen and oxygen atoms in total. The van der Waals surface area contributed by atoms with Gasteiger partial charge in [-0.15, -0.1) is 0 Å². The SMILES string of the molecule is CCCCCCCCCCCCCCCCCCCCCCCCCCCCC(O)CCS(=O)(=O)O. The van der Waals surface area contributed by atoms with Crippen molar-refractivity contribution in [3.05, 3.63) is 0 Å². The van der Waals surface area contributed by atoms with Gasteiger partial charge in [0.2, 0.25) is 0 Å². The summed E-state index contributed by atoms with van der Waals surface area (Å²) in [5.41, 5.74) is 0. The van der Waals surface area contributed by atoms with E-state index in [1.807, 2.05) is 0 Å². The van der Waals surface area contributed by atoms with Crippen molar-refractivity contribution < 1.29 is 18.1 Å². The topological polar surface area (TPSA) is 74.6 Å². The van der Waals surface area contributed by atoms with E-state index in [4.69, 9.17) is 4.55 Å². The van der Waals surface area contributed by atoms with Gasteiger partial charge in [0.1, 0.15) is 0 Å². The highest BCUT2D eigenvalue weighted by atomic mass is 32.2. The molecule has 0 aromatic heterocycles. The first-order valence-corrected chi connectivity index (χ1v) is 17.7. The lowest BCUT2D eigenvalue weighted by Gasteiger charge is -2.09. The number of hydrogen-bond donors (Lipinski definition) is 2. The fourth-order valence-corrected chi connectivity index (χ4v) is 5.70. The fraction of sp³-hybridized carbons (Fsp3) is 1.00. The Balaban J connectivity index is 3.11. The standard InChI is InChI=1S/C31H64O4S/c1-2-3-4-5-6-7-8-9-10-11-12-13-14-15-16-17-18-19-20-21-22-23-24-25-26-27-28-31(32)29-30-36(33,34)35/h31-32H,2-30H2,1H3,(H,33,34,35). The van der Waals surface area contributed by atoms with E-state index < -0.39 is 16.2 Å². The normalized spacial score (nSPS) is 12.9. The molecule has 218 valence electrons. The lowest BCUT2D eigenvalue weighted by molar-refractivity contribution is 0.156. The van der Waals surface area contributed by atoms with Gasteiger partial charge in [-0.1, -0.05) is 174 Å². The van der Waals surface area contributed by atoms with E-state index in [2.05, 4.69) is 6.92 Å². The van der Waals surface area contributed by atoms with Crippen LogP contribution in [0, 0.1) is 0 Å². The lowest BCUT2D eigenvalue weighted by Crippen LogP contribution is -2.14. The third kappa shape index (κ3) is 31.9. The predicted molar refractivity (Wildman–Crippen MR) is 157 cm³/mol. The maximum atomic E-state index is 10.7. The smallest absolute Gasteiger partial charge is 0.264 e. The highest BCUT2D eigenvalue weighted by Crippen LogP contribution is 2.16. The van der Waals surface area contributed by atoms with Crippen LogP contribution in [0.15, 0.2) is 0 Å². The van der Waals surface area contributed by atoms with Crippen molar-refractivity contribution in [2.75, 3.05) is 5.75 Å². The quantitative estimate of drug-likeness (QED) is 0.0712. The van der Waals surface area contributed by atoms with Gasteiger partial charge in [0.25, 0.3) is 10.1 Å². The summed E-state index contributed by atoms with van der Waals surface area (Å²) in [6.45, 7) is 2.29. The minimum atomic E-state index is -3.95. The Morgan fingerprint density at radius 1 is 0.444 bits per heavy atom. The molecule has 0 aliphatic carbocycles. The second-order valence-electron chi connectivity index (χ2n) is 11.4. The van der Waals surface area contributed by atoms with Gasteiger partial charge in [0, 0.05) is 0 Å². The highest BCUT2D eigenvalue weighted by Gasteiger charge is 2.10. The molecule has 2 N–H and O–H groups in total. The molecule has 0 spiro atoms. The molecule has 0 fully saturated rings. The molecule has 5 heteroatoms. The summed E-state index contributed by atoms with van der Waals surface area (Å²) in [7, 11) is -3.95. The molecule has 0 aliphatic rings. The summed E-state index contributed by atoms with van der Waals surface area (Å²) in [4.78, 5) is 0. The van der Waals surface area contributed by atoms with E-state index in [-0.39, 0.29) is 12.2 Å². The first kappa shape index (κ1) is 35.9. The molecule has 0 heterocycles. The average Bonchev–Trinajstić information content (AvgIpc) is 2.84. The molecule has 1 unspecified atom stereocenters. The third-order valence-electron chi connectivity index (χ3n) is 7.60. The maximum Gasteiger partial charge on any atom is 0.264 e. The zero-order chi connectivity index (χ0) is 26.6. The molecular formula is C31H64O4S. The monoisotopic (exact) mass is 532 g/mol. The van der Waals surface area contributed by atoms with Crippen LogP contribution in [-0.4, -0.2) is 29.9 Å². The number of hydrogen-bond acceptors (Lipinski definition) is 3. The summed E-state index contributed by atoms with van der Waals surface area (Å²) in [6, 6.07) is 0. The van der Waals surface area contributed by atoms with Crippen LogP contribution in [0.1, 0.15) is 187 Å². The van der Waals surface area contributed by atoms with Crippen LogP contribution in [0.5, 0.6) is 0 Å². The molecule has 0 aromatic rings. The van der Waals surface area contributed by atoms with Crippen LogP contribution in [0.4, 0.5) is 0 Å². The van der Waals surface area contributed by atoms with Crippen LogP contribution in [0.3, 0.4) is 0 Å². The zero-order valence-electron chi connectivity index (χ0n) is 24.2. The molecule has 0 amide bonds. The Hall–Kier alpha value is -0.130. The molecule has 0 rings (SSSR count). The van der Waals surface area contributed by atoms with E-state index >= 15 is 0 Å².